The SMILES string of the molecule is CC(C)(C)c1cc(C(C)(C)C)c(P=C(Cl)C(C)(O)c2ccccc2)c(C(C)(C)C)c1. The van der Waals surface area contributed by atoms with E-state index < -0.39 is 5.60 Å². The lowest BCUT2D eigenvalue weighted by Gasteiger charge is -2.33. The summed E-state index contributed by atoms with van der Waals surface area (Å²) in [6.45, 7) is 22.1. The van der Waals surface area contributed by atoms with Crippen LogP contribution in [0.3, 0.4) is 0 Å². The zero-order valence-electron chi connectivity index (χ0n) is 20.3. The summed E-state index contributed by atoms with van der Waals surface area (Å²) in [6.07, 6.45) is 0. The van der Waals surface area contributed by atoms with Crippen LogP contribution in [-0.2, 0) is 21.8 Å². The molecule has 3 heteroatoms. The number of hydrogen-bond donors (Lipinski definition) is 1. The Kier molecular flexibility index (Phi) is 7.05. The van der Waals surface area contributed by atoms with Crippen LogP contribution in [-0.4, -0.2) is 9.86 Å². The highest BCUT2D eigenvalue weighted by Crippen LogP contribution is 2.37. The quantitative estimate of drug-likeness (QED) is 0.488. The van der Waals surface area contributed by atoms with Gasteiger partial charge < -0.3 is 5.11 Å². The molecule has 0 fully saturated rings. The average Bonchev–Trinajstić information content (AvgIpc) is 2.59. The number of hydrogen-bond acceptors (Lipinski definition) is 1. The van der Waals surface area contributed by atoms with Crippen LogP contribution in [0.1, 0.15) is 91.5 Å². The van der Waals surface area contributed by atoms with Crippen molar-refractivity contribution < 1.29 is 5.11 Å². The minimum absolute atomic E-state index is 0.0423. The summed E-state index contributed by atoms with van der Waals surface area (Å²) in [6, 6.07) is 14.4. The van der Waals surface area contributed by atoms with Gasteiger partial charge in [-0.15, -0.1) is 0 Å². The maximum absolute atomic E-state index is 11.3. The summed E-state index contributed by atoms with van der Waals surface area (Å²) in [5.41, 5.74) is 3.49. The molecule has 2 aromatic carbocycles. The zero-order valence-corrected chi connectivity index (χ0v) is 22.0. The van der Waals surface area contributed by atoms with E-state index in [1.807, 2.05) is 30.3 Å². The second-order valence-electron chi connectivity index (χ2n) is 11.5. The normalized spacial score (nSPS) is 15.8. The predicted octanol–water partition coefficient (Wildman–Crippen LogP) is 7.43. The van der Waals surface area contributed by atoms with Crippen molar-refractivity contribution in [3.63, 3.8) is 0 Å². The van der Waals surface area contributed by atoms with E-state index in [2.05, 4.69) is 74.4 Å². The largest absolute Gasteiger partial charge is 0.379 e. The molecule has 0 saturated carbocycles. The van der Waals surface area contributed by atoms with E-state index in [-0.39, 0.29) is 16.2 Å². The van der Waals surface area contributed by atoms with Gasteiger partial charge in [0.05, 0.1) is 4.75 Å². The summed E-state index contributed by atoms with van der Waals surface area (Å²) < 4.78 is 0.521. The third-order valence-corrected chi connectivity index (χ3v) is 7.50. The van der Waals surface area contributed by atoms with Crippen molar-refractivity contribution in [1.29, 1.82) is 0 Å². The average molecular weight is 445 g/mol. The fraction of sp³-hybridized carbons (Fsp3) is 0.519. The van der Waals surface area contributed by atoms with Gasteiger partial charge in [-0.2, -0.15) is 0 Å². The summed E-state index contributed by atoms with van der Waals surface area (Å²) in [5, 5.41) is 12.5. The smallest absolute Gasteiger partial charge is 0.127 e. The van der Waals surface area contributed by atoms with Crippen molar-refractivity contribution in [2.45, 2.75) is 91.1 Å². The maximum atomic E-state index is 11.3. The van der Waals surface area contributed by atoms with Gasteiger partial charge >= 0.3 is 0 Å². The molecule has 0 aliphatic carbocycles. The first-order valence-electron chi connectivity index (χ1n) is 10.7. The lowest BCUT2D eigenvalue weighted by atomic mass is 9.75. The first kappa shape index (κ1) is 25.1. The molecule has 0 aromatic heterocycles. The van der Waals surface area contributed by atoms with Crippen LogP contribution in [0.25, 0.3) is 0 Å². The highest BCUT2D eigenvalue weighted by molar-refractivity contribution is 7.54. The Balaban J connectivity index is 2.85. The molecule has 0 aliphatic rings. The van der Waals surface area contributed by atoms with E-state index in [9.17, 15) is 5.11 Å². The number of benzene rings is 2. The van der Waals surface area contributed by atoms with E-state index in [1.165, 1.54) is 22.0 Å². The van der Waals surface area contributed by atoms with Gasteiger partial charge in [-0.3, -0.25) is 0 Å². The van der Waals surface area contributed by atoms with Crippen molar-refractivity contribution >= 4 is 29.9 Å². The molecule has 0 spiro atoms. The highest BCUT2D eigenvalue weighted by Gasteiger charge is 2.32. The van der Waals surface area contributed by atoms with Gasteiger partial charge in [0.2, 0.25) is 0 Å². The van der Waals surface area contributed by atoms with Crippen molar-refractivity contribution in [2.75, 3.05) is 0 Å². The van der Waals surface area contributed by atoms with Crippen LogP contribution in [0.2, 0.25) is 0 Å². The first-order valence-corrected chi connectivity index (χ1v) is 11.9. The van der Waals surface area contributed by atoms with Crippen molar-refractivity contribution in [1.82, 2.24) is 0 Å². The first-order chi connectivity index (χ1) is 13.5. The minimum atomic E-state index is -1.21. The second kappa shape index (κ2) is 8.42. The summed E-state index contributed by atoms with van der Waals surface area (Å²) in [4.78, 5) is 0. The number of halogens is 1. The Bertz CT molecular complexity index is 885. The van der Waals surface area contributed by atoms with Gasteiger partial charge in [-0.05, 0) is 53.6 Å². The van der Waals surface area contributed by atoms with Crippen molar-refractivity contribution in [3.05, 3.63) is 64.7 Å². The molecule has 1 unspecified atom stereocenters. The molecule has 0 aliphatic heterocycles. The lowest BCUT2D eigenvalue weighted by Crippen LogP contribution is -2.32. The van der Waals surface area contributed by atoms with Crippen LogP contribution < -0.4 is 5.30 Å². The van der Waals surface area contributed by atoms with E-state index in [4.69, 9.17) is 11.6 Å². The van der Waals surface area contributed by atoms with Gasteiger partial charge in [0, 0.05) is 5.30 Å². The Morgan fingerprint density at radius 3 is 1.50 bits per heavy atom. The zero-order chi connectivity index (χ0) is 23.1. The molecule has 1 N–H and O–H groups in total. The van der Waals surface area contributed by atoms with Gasteiger partial charge in [-0.25, -0.2) is 0 Å². The maximum Gasteiger partial charge on any atom is 0.127 e. The van der Waals surface area contributed by atoms with E-state index in [0.29, 0.717) is 4.75 Å². The molecule has 0 amide bonds. The molecule has 0 radical (unpaired) electrons. The third-order valence-electron chi connectivity index (χ3n) is 5.54. The molecular formula is C27H38ClOP. The van der Waals surface area contributed by atoms with E-state index in [0.717, 1.165) is 13.8 Å². The fourth-order valence-corrected chi connectivity index (χ4v) is 5.37. The molecule has 30 heavy (non-hydrogen) atoms. The molecule has 2 aromatic rings. The molecular weight excluding hydrogens is 407 g/mol. The molecule has 0 bridgehead atoms. The Morgan fingerprint density at radius 1 is 0.700 bits per heavy atom. The van der Waals surface area contributed by atoms with E-state index in [1.54, 1.807) is 6.92 Å². The molecule has 1 nitrogen and oxygen atoms in total. The Morgan fingerprint density at radius 2 is 1.13 bits per heavy atom. The van der Waals surface area contributed by atoms with Crippen LogP contribution in [0, 0.1) is 0 Å². The topological polar surface area (TPSA) is 20.2 Å². The highest BCUT2D eigenvalue weighted by atomic mass is 35.5. The van der Waals surface area contributed by atoms with Crippen molar-refractivity contribution in [3.8, 4) is 0 Å². The predicted molar refractivity (Wildman–Crippen MR) is 136 cm³/mol. The van der Waals surface area contributed by atoms with Crippen LogP contribution in [0.15, 0.2) is 42.5 Å². The molecule has 0 heterocycles. The number of aliphatic hydroxyl groups is 1. The van der Waals surface area contributed by atoms with Gasteiger partial charge in [0.15, 0.2) is 0 Å². The fourth-order valence-electron chi connectivity index (χ4n) is 3.42. The minimum Gasteiger partial charge on any atom is -0.379 e. The molecule has 2 rings (SSSR count). The summed E-state index contributed by atoms with van der Waals surface area (Å²) >= 11 is 6.87. The van der Waals surface area contributed by atoms with Gasteiger partial charge in [0.1, 0.15) is 5.60 Å². The summed E-state index contributed by atoms with van der Waals surface area (Å²) in [5.74, 6) is 0. The van der Waals surface area contributed by atoms with Crippen molar-refractivity contribution in [2.24, 2.45) is 0 Å². The van der Waals surface area contributed by atoms with Crippen LogP contribution in [0.4, 0.5) is 0 Å². The standard InChI is InChI=1S/C27H38ClOP/c1-24(2,3)19-16-20(25(4,5)6)22(21(17-19)26(7,8)9)30-23(28)27(10,29)18-14-12-11-13-15-18/h11-17,29H,1-10H3. The Labute approximate surface area is 190 Å². The van der Waals surface area contributed by atoms with Crippen LogP contribution in [0.5, 0.6) is 0 Å². The number of rotatable bonds is 3. The molecule has 0 saturated heterocycles. The van der Waals surface area contributed by atoms with Gasteiger partial charge in [0.25, 0.3) is 0 Å². The lowest BCUT2D eigenvalue weighted by molar-refractivity contribution is 0.138. The summed E-state index contributed by atoms with van der Waals surface area (Å²) in [7, 11) is 0.858. The Hall–Kier alpha value is -1.14. The third kappa shape index (κ3) is 5.56. The molecule has 164 valence electrons. The molecule has 1 atom stereocenters. The van der Waals surface area contributed by atoms with Gasteiger partial charge in [-0.1, -0.05) is 116 Å². The monoisotopic (exact) mass is 444 g/mol. The van der Waals surface area contributed by atoms with Crippen LogP contribution >= 0.6 is 19.8 Å². The second-order valence-corrected chi connectivity index (χ2v) is 13.3. The van der Waals surface area contributed by atoms with E-state index >= 15 is 0 Å².